The standard InChI is InChI=1S/C16H18FN3O/c1-2-20(11-12-6-3-4-9-15(12)18)16(21)19-14-8-5-7-13(17)10-14/h3-10H,2,11,18H2,1H3,(H,19,21). The van der Waals surface area contributed by atoms with Crippen LogP contribution in [0.5, 0.6) is 0 Å². The molecule has 0 bridgehead atoms. The van der Waals surface area contributed by atoms with Crippen LogP contribution in [0.2, 0.25) is 0 Å². The molecule has 0 aliphatic heterocycles. The van der Waals surface area contributed by atoms with Crippen molar-refractivity contribution >= 4 is 17.4 Å². The number of nitrogens with one attached hydrogen (secondary N) is 1. The molecule has 0 radical (unpaired) electrons. The number of nitrogens with two attached hydrogens (primary N) is 1. The van der Waals surface area contributed by atoms with Crippen LogP contribution in [0.4, 0.5) is 20.6 Å². The van der Waals surface area contributed by atoms with Gasteiger partial charge in [0.2, 0.25) is 0 Å². The van der Waals surface area contributed by atoms with E-state index in [0.29, 0.717) is 24.5 Å². The van der Waals surface area contributed by atoms with Crippen molar-refractivity contribution in [2.24, 2.45) is 0 Å². The summed E-state index contributed by atoms with van der Waals surface area (Å²) in [6.45, 7) is 2.81. The first-order valence-corrected chi connectivity index (χ1v) is 6.75. The molecule has 0 fully saturated rings. The maximum atomic E-state index is 13.1. The number of halogens is 1. The fraction of sp³-hybridized carbons (Fsp3) is 0.188. The van der Waals surface area contributed by atoms with Gasteiger partial charge in [-0.15, -0.1) is 0 Å². The highest BCUT2D eigenvalue weighted by atomic mass is 19.1. The largest absolute Gasteiger partial charge is 0.398 e. The van der Waals surface area contributed by atoms with Crippen molar-refractivity contribution in [2.45, 2.75) is 13.5 Å². The van der Waals surface area contributed by atoms with Crippen LogP contribution in [0, 0.1) is 5.82 Å². The van der Waals surface area contributed by atoms with Gasteiger partial charge in [-0.05, 0) is 36.8 Å². The fourth-order valence-corrected chi connectivity index (χ4v) is 1.98. The molecule has 3 N–H and O–H groups in total. The van der Waals surface area contributed by atoms with Crippen LogP contribution < -0.4 is 11.1 Å². The maximum Gasteiger partial charge on any atom is 0.322 e. The van der Waals surface area contributed by atoms with Crippen molar-refractivity contribution in [3.63, 3.8) is 0 Å². The van der Waals surface area contributed by atoms with E-state index in [4.69, 9.17) is 5.73 Å². The maximum absolute atomic E-state index is 13.1. The van der Waals surface area contributed by atoms with Crippen molar-refractivity contribution in [2.75, 3.05) is 17.6 Å². The zero-order valence-electron chi connectivity index (χ0n) is 11.8. The lowest BCUT2D eigenvalue weighted by Crippen LogP contribution is -2.34. The van der Waals surface area contributed by atoms with E-state index in [1.54, 1.807) is 23.1 Å². The van der Waals surface area contributed by atoms with Crippen LogP contribution in [0.15, 0.2) is 48.5 Å². The second kappa shape index (κ2) is 6.74. The number of anilines is 2. The van der Waals surface area contributed by atoms with Crippen LogP contribution in [0.25, 0.3) is 0 Å². The van der Waals surface area contributed by atoms with Crippen molar-refractivity contribution in [3.8, 4) is 0 Å². The number of hydrogen-bond donors (Lipinski definition) is 2. The van der Waals surface area contributed by atoms with Gasteiger partial charge in [-0.25, -0.2) is 9.18 Å². The lowest BCUT2D eigenvalue weighted by Gasteiger charge is -2.22. The van der Waals surface area contributed by atoms with Crippen molar-refractivity contribution in [1.82, 2.24) is 4.90 Å². The van der Waals surface area contributed by atoms with E-state index in [2.05, 4.69) is 5.32 Å². The van der Waals surface area contributed by atoms with Gasteiger partial charge in [-0.2, -0.15) is 0 Å². The van der Waals surface area contributed by atoms with Crippen LogP contribution in [-0.4, -0.2) is 17.5 Å². The Morgan fingerprint density at radius 2 is 2.00 bits per heavy atom. The molecule has 0 atom stereocenters. The highest BCUT2D eigenvalue weighted by Crippen LogP contribution is 2.15. The van der Waals surface area contributed by atoms with Crippen molar-refractivity contribution < 1.29 is 9.18 Å². The van der Waals surface area contributed by atoms with E-state index in [9.17, 15) is 9.18 Å². The number of rotatable bonds is 4. The van der Waals surface area contributed by atoms with Crippen LogP contribution >= 0.6 is 0 Å². The van der Waals surface area contributed by atoms with Gasteiger partial charge in [-0.3, -0.25) is 0 Å². The molecule has 2 aromatic rings. The first-order chi connectivity index (χ1) is 10.1. The summed E-state index contributed by atoms with van der Waals surface area (Å²) < 4.78 is 13.1. The number of urea groups is 1. The third kappa shape index (κ3) is 3.95. The number of amides is 2. The highest BCUT2D eigenvalue weighted by Gasteiger charge is 2.13. The summed E-state index contributed by atoms with van der Waals surface area (Å²) in [5.74, 6) is -0.386. The number of carbonyl (C=O) groups excluding carboxylic acids is 1. The first-order valence-electron chi connectivity index (χ1n) is 6.75. The van der Waals surface area contributed by atoms with Crippen LogP contribution in [0.3, 0.4) is 0 Å². The Kier molecular flexibility index (Phi) is 4.77. The quantitative estimate of drug-likeness (QED) is 0.846. The van der Waals surface area contributed by atoms with Gasteiger partial charge in [0.25, 0.3) is 0 Å². The van der Waals surface area contributed by atoms with Gasteiger partial charge in [0.15, 0.2) is 0 Å². The van der Waals surface area contributed by atoms with Crippen LogP contribution in [0.1, 0.15) is 12.5 Å². The summed E-state index contributed by atoms with van der Waals surface area (Å²) in [5, 5.41) is 2.68. The van der Waals surface area contributed by atoms with Gasteiger partial charge in [-0.1, -0.05) is 24.3 Å². The molecule has 0 spiro atoms. The Bertz CT molecular complexity index is 630. The van der Waals surface area contributed by atoms with Crippen LogP contribution in [-0.2, 0) is 6.54 Å². The second-order valence-corrected chi connectivity index (χ2v) is 4.65. The van der Waals surface area contributed by atoms with Gasteiger partial charge in [0.05, 0.1) is 0 Å². The molecule has 2 rings (SSSR count). The molecule has 2 amide bonds. The molecule has 5 heteroatoms. The molecule has 2 aromatic carbocycles. The normalized spacial score (nSPS) is 10.2. The minimum atomic E-state index is -0.386. The number of benzene rings is 2. The Morgan fingerprint density at radius 3 is 2.67 bits per heavy atom. The van der Waals surface area contributed by atoms with E-state index in [1.807, 2.05) is 25.1 Å². The molecule has 0 aliphatic carbocycles. The Labute approximate surface area is 123 Å². The molecule has 0 saturated carbocycles. The van der Waals surface area contributed by atoms with Gasteiger partial charge in [0.1, 0.15) is 5.82 Å². The summed E-state index contributed by atoms with van der Waals surface area (Å²) in [6, 6.07) is 12.9. The smallest absolute Gasteiger partial charge is 0.322 e. The number of hydrogen-bond acceptors (Lipinski definition) is 2. The molecule has 110 valence electrons. The fourth-order valence-electron chi connectivity index (χ4n) is 1.98. The van der Waals surface area contributed by atoms with Gasteiger partial charge >= 0.3 is 6.03 Å². The SMILES string of the molecule is CCN(Cc1ccccc1N)C(=O)Nc1cccc(F)c1. The van der Waals surface area contributed by atoms with Crippen molar-refractivity contribution in [3.05, 3.63) is 59.9 Å². The monoisotopic (exact) mass is 287 g/mol. The Hall–Kier alpha value is -2.56. The Morgan fingerprint density at radius 1 is 1.24 bits per heavy atom. The third-order valence-corrected chi connectivity index (χ3v) is 3.16. The number of nitrogen functional groups attached to an aromatic ring is 1. The zero-order chi connectivity index (χ0) is 15.2. The predicted octanol–water partition coefficient (Wildman–Crippen LogP) is 3.46. The minimum absolute atomic E-state index is 0.286. The number of nitrogens with zero attached hydrogens (tertiary/aromatic N) is 1. The lowest BCUT2D eigenvalue weighted by atomic mass is 10.1. The molecular formula is C16H18FN3O. The first kappa shape index (κ1) is 14.8. The minimum Gasteiger partial charge on any atom is -0.398 e. The van der Waals surface area contributed by atoms with E-state index < -0.39 is 0 Å². The number of carbonyl (C=O) groups is 1. The molecule has 0 heterocycles. The highest BCUT2D eigenvalue weighted by molar-refractivity contribution is 5.89. The third-order valence-electron chi connectivity index (χ3n) is 3.16. The van der Waals surface area contributed by atoms with E-state index in [0.717, 1.165) is 5.56 Å². The Balaban J connectivity index is 2.07. The molecule has 0 aromatic heterocycles. The summed E-state index contributed by atoms with van der Waals surface area (Å²) in [6.07, 6.45) is 0. The average molecular weight is 287 g/mol. The predicted molar refractivity (Wildman–Crippen MR) is 82.4 cm³/mol. The summed E-state index contributed by atoms with van der Waals surface area (Å²) in [4.78, 5) is 13.8. The van der Waals surface area contributed by atoms with Gasteiger partial charge in [0, 0.05) is 24.5 Å². The summed E-state index contributed by atoms with van der Waals surface area (Å²) in [7, 11) is 0. The molecule has 0 saturated heterocycles. The second-order valence-electron chi connectivity index (χ2n) is 4.65. The summed E-state index contributed by atoms with van der Waals surface area (Å²) in [5.41, 5.74) is 7.85. The molecular weight excluding hydrogens is 269 g/mol. The van der Waals surface area contributed by atoms with E-state index in [1.165, 1.54) is 12.1 Å². The zero-order valence-corrected chi connectivity index (χ0v) is 11.8. The number of para-hydroxylation sites is 1. The van der Waals surface area contributed by atoms with Gasteiger partial charge < -0.3 is 16.0 Å². The van der Waals surface area contributed by atoms with E-state index in [-0.39, 0.29) is 11.8 Å². The lowest BCUT2D eigenvalue weighted by molar-refractivity contribution is 0.212. The molecule has 21 heavy (non-hydrogen) atoms. The summed E-state index contributed by atoms with van der Waals surface area (Å²) >= 11 is 0. The molecule has 0 aliphatic rings. The molecule has 0 unspecified atom stereocenters. The van der Waals surface area contributed by atoms with Crippen molar-refractivity contribution in [1.29, 1.82) is 0 Å². The van der Waals surface area contributed by atoms with E-state index >= 15 is 0 Å². The average Bonchev–Trinajstić information content (AvgIpc) is 2.46. The topological polar surface area (TPSA) is 58.4 Å². The molecule has 4 nitrogen and oxygen atoms in total.